The zero-order valence-electron chi connectivity index (χ0n) is 47.6. The van der Waals surface area contributed by atoms with Crippen molar-refractivity contribution in [2.45, 2.75) is 193 Å². The highest BCUT2D eigenvalue weighted by atomic mass is 16.7. The molecule has 0 fully saturated rings. The molecular formula is C66H103NO8. The Morgan fingerprint density at radius 2 is 0.720 bits per heavy atom. The van der Waals surface area contributed by atoms with E-state index in [1.54, 1.807) is 0 Å². The Labute approximate surface area is 457 Å². The molecule has 0 aliphatic carbocycles. The van der Waals surface area contributed by atoms with Crippen LogP contribution in [0.25, 0.3) is 0 Å². The number of carboxylic acids is 1. The van der Waals surface area contributed by atoms with Crippen LogP contribution in [0.1, 0.15) is 181 Å². The van der Waals surface area contributed by atoms with Gasteiger partial charge in [-0.3, -0.25) is 9.59 Å². The quantitative estimate of drug-likeness (QED) is 0.0195. The third-order valence-corrected chi connectivity index (χ3v) is 11.3. The van der Waals surface area contributed by atoms with Crippen LogP contribution < -0.4 is 5.11 Å². The zero-order valence-corrected chi connectivity index (χ0v) is 47.6. The van der Waals surface area contributed by atoms with Crippen LogP contribution in [-0.4, -0.2) is 82.3 Å². The number of allylic oxidation sites excluding steroid dienone is 26. The average molecular weight is 1040 g/mol. The molecule has 420 valence electrons. The number of esters is 2. The van der Waals surface area contributed by atoms with Crippen LogP contribution >= 0.6 is 0 Å². The molecule has 0 N–H and O–H groups in total. The van der Waals surface area contributed by atoms with Gasteiger partial charge >= 0.3 is 11.9 Å². The smallest absolute Gasteiger partial charge is 0.306 e. The number of carboxylic acid groups (broad SMARTS) is 1. The molecule has 2 atom stereocenters. The maximum absolute atomic E-state index is 12.9. The summed E-state index contributed by atoms with van der Waals surface area (Å²) in [6.45, 7) is 4.42. The van der Waals surface area contributed by atoms with Gasteiger partial charge in [-0.25, -0.2) is 0 Å². The van der Waals surface area contributed by atoms with E-state index in [1.165, 1.54) is 0 Å². The van der Waals surface area contributed by atoms with Crippen molar-refractivity contribution in [3.8, 4) is 0 Å². The molecule has 0 saturated heterocycles. The van der Waals surface area contributed by atoms with Gasteiger partial charge in [0.05, 0.1) is 40.3 Å². The number of quaternary nitrogens is 1. The van der Waals surface area contributed by atoms with Crippen molar-refractivity contribution >= 4 is 17.9 Å². The fraction of sp³-hybridized carbons (Fsp3) is 0.561. The number of carbonyl (C=O) groups excluding carboxylic acids is 3. The van der Waals surface area contributed by atoms with Crippen LogP contribution in [0.5, 0.6) is 0 Å². The van der Waals surface area contributed by atoms with E-state index in [4.69, 9.17) is 18.9 Å². The first kappa shape index (κ1) is 69.9. The Bertz CT molecular complexity index is 1780. The van der Waals surface area contributed by atoms with Crippen molar-refractivity contribution in [1.82, 2.24) is 0 Å². The average Bonchev–Trinajstić information content (AvgIpc) is 3.38. The highest BCUT2D eigenvalue weighted by molar-refractivity contribution is 5.70. The van der Waals surface area contributed by atoms with Crippen molar-refractivity contribution < 1.29 is 42.9 Å². The number of aliphatic carboxylic acids is 1. The van der Waals surface area contributed by atoms with E-state index in [1.807, 2.05) is 21.1 Å². The third-order valence-electron chi connectivity index (χ3n) is 11.3. The van der Waals surface area contributed by atoms with Gasteiger partial charge in [-0.05, 0) is 122 Å². The maximum atomic E-state index is 12.9. The SMILES string of the molecule is CC/C=C\C/C=C\C/C=C\C/C=C\C/C=C\C/C=C\C/C=C\C/C=C\CCCCCCCCC(=O)OC(COC(=O)CCCCC/C=C\C/C=C\C/C=C\C/C=C\C/C=C\CC)COC(OCC[N+](C)(C)C)C(=O)[O-]. The number of hydrogen-bond donors (Lipinski definition) is 0. The second-order valence-corrected chi connectivity index (χ2v) is 19.5. The van der Waals surface area contributed by atoms with Gasteiger partial charge in [0.15, 0.2) is 12.4 Å². The molecule has 0 aromatic heterocycles. The summed E-state index contributed by atoms with van der Waals surface area (Å²) in [6.07, 6.45) is 78.6. The lowest BCUT2D eigenvalue weighted by Gasteiger charge is -2.26. The number of carbonyl (C=O) groups is 3. The predicted molar refractivity (Wildman–Crippen MR) is 315 cm³/mol. The van der Waals surface area contributed by atoms with Gasteiger partial charge in [-0.15, -0.1) is 0 Å². The number of nitrogens with zero attached hydrogens (tertiary/aromatic N) is 1. The minimum atomic E-state index is -1.65. The lowest BCUT2D eigenvalue weighted by molar-refractivity contribution is -0.870. The number of likely N-dealkylation sites (N-methyl/N-ethyl adjacent to an activating group) is 1. The van der Waals surface area contributed by atoms with Crippen LogP contribution in [0.15, 0.2) is 158 Å². The first-order chi connectivity index (χ1) is 36.6. The van der Waals surface area contributed by atoms with E-state index < -0.39 is 30.3 Å². The van der Waals surface area contributed by atoms with E-state index >= 15 is 0 Å². The molecule has 9 nitrogen and oxygen atoms in total. The lowest BCUT2D eigenvalue weighted by Crippen LogP contribution is -2.44. The largest absolute Gasteiger partial charge is 0.545 e. The Morgan fingerprint density at radius 3 is 1.08 bits per heavy atom. The van der Waals surface area contributed by atoms with Gasteiger partial charge < -0.3 is 33.3 Å². The maximum Gasteiger partial charge on any atom is 0.306 e. The second-order valence-electron chi connectivity index (χ2n) is 19.5. The fourth-order valence-electron chi connectivity index (χ4n) is 6.93. The third kappa shape index (κ3) is 56.5. The van der Waals surface area contributed by atoms with Crippen LogP contribution in [0, 0.1) is 0 Å². The van der Waals surface area contributed by atoms with Crippen molar-refractivity contribution in [3.05, 3.63) is 158 Å². The Morgan fingerprint density at radius 1 is 0.400 bits per heavy atom. The number of rotatable bonds is 50. The second kappa shape index (κ2) is 55.2. The molecule has 0 aliphatic heterocycles. The van der Waals surface area contributed by atoms with Crippen molar-refractivity contribution in [2.24, 2.45) is 0 Å². The summed E-state index contributed by atoms with van der Waals surface area (Å²) in [5.74, 6) is -2.37. The minimum absolute atomic E-state index is 0.129. The number of hydrogen-bond acceptors (Lipinski definition) is 8. The summed E-state index contributed by atoms with van der Waals surface area (Å²) < 4.78 is 22.6. The molecule has 0 rings (SSSR count). The summed E-state index contributed by atoms with van der Waals surface area (Å²) in [4.78, 5) is 37.3. The van der Waals surface area contributed by atoms with E-state index in [2.05, 4.69) is 172 Å². The summed E-state index contributed by atoms with van der Waals surface area (Å²) >= 11 is 0. The normalized spacial score (nSPS) is 14.0. The Balaban J connectivity index is 4.38. The summed E-state index contributed by atoms with van der Waals surface area (Å²) in [7, 11) is 5.89. The summed E-state index contributed by atoms with van der Waals surface area (Å²) in [6, 6.07) is 0. The van der Waals surface area contributed by atoms with Gasteiger partial charge in [0.2, 0.25) is 0 Å². The monoisotopic (exact) mass is 1040 g/mol. The van der Waals surface area contributed by atoms with Gasteiger partial charge in [0.1, 0.15) is 13.2 Å². The minimum Gasteiger partial charge on any atom is -0.545 e. The molecule has 9 heteroatoms. The molecule has 0 heterocycles. The molecule has 0 amide bonds. The highest BCUT2D eigenvalue weighted by Crippen LogP contribution is 2.12. The Kier molecular flexibility index (Phi) is 51.4. The fourth-order valence-corrected chi connectivity index (χ4v) is 6.93. The topological polar surface area (TPSA) is 111 Å². The molecule has 0 spiro atoms. The standard InChI is InChI=1S/C66H103NO8/c1-6-8-10-12-14-16-18-20-22-24-26-27-28-29-30-31-32-33-34-35-36-37-39-41-43-45-47-49-51-53-55-57-64(69)75-62(61-74-66(65(70)71)72-59-58-67(3,4)5)60-73-63(68)56-54-52-50-48-46-44-42-40-38-25-23-21-19-17-15-13-11-9-7-2/h8-11,14-17,20-23,26-27,29-30,32-33,35-36,38-41,44,46,62,66H,6-7,12-13,18-19,24-25,28,31,34,37,42-43,45,47-61H2,1-5H3/b10-8-,11-9-,16-14-,17-15-,22-20-,23-21-,27-26-,30-29-,33-32-,36-35-,40-38-,41-39-,46-44-. The first-order valence-corrected chi connectivity index (χ1v) is 28.6. The van der Waals surface area contributed by atoms with Crippen molar-refractivity contribution in [2.75, 3.05) is 47.5 Å². The zero-order chi connectivity index (χ0) is 54.8. The van der Waals surface area contributed by atoms with Crippen molar-refractivity contribution in [1.29, 1.82) is 0 Å². The van der Waals surface area contributed by atoms with Crippen molar-refractivity contribution in [3.63, 3.8) is 0 Å². The van der Waals surface area contributed by atoms with Crippen LogP contribution in [0.4, 0.5) is 0 Å². The molecule has 0 aliphatic rings. The van der Waals surface area contributed by atoms with Gasteiger partial charge in [0.25, 0.3) is 0 Å². The lowest BCUT2D eigenvalue weighted by atomic mass is 10.1. The van der Waals surface area contributed by atoms with E-state index in [9.17, 15) is 19.5 Å². The van der Waals surface area contributed by atoms with Gasteiger partial charge in [0, 0.05) is 12.8 Å². The molecule has 0 aromatic carbocycles. The van der Waals surface area contributed by atoms with Crippen LogP contribution in [0.3, 0.4) is 0 Å². The van der Waals surface area contributed by atoms with E-state index in [-0.39, 0.29) is 32.7 Å². The summed E-state index contributed by atoms with van der Waals surface area (Å²) in [5.41, 5.74) is 0. The first-order valence-electron chi connectivity index (χ1n) is 28.6. The van der Waals surface area contributed by atoms with E-state index in [0.29, 0.717) is 23.9 Å². The molecule has 0 saturated carbocycles. The van der Waals surface area contributed by atoms with Gasteiger partial charge in [-0.1, -0.05) is 204 Å². The molecule has 0 aromatic rings. The summed E-state index contributed by atoms with van der Waals surface area (Å²) in [5, 5.41) is 11.8. The Hall–Kier alpha value is -5.09. The van der Waals surface area contributed by atoms with Crippen LogP contribution in [-0.2, 0) is 33.3 Å². The molecule has 0 bridgehead atoms. The van der Waals surface area contributed by atoms with E-state index in [0.717, 1.165) is 141 Å². The van der Waals surface area contributed by atoms with Crippen LogP contribution in [0.2, 0.25) is 0 Å². The molecule has 0 radical (unpaired) electrons. The molecule has 2 unspecified atom stereocenters. The number of unbranched alkanes of at least 4 members (excludes halogenated alkanes) is 9. The predicted octanol–water partition coefficient (Wildman–Crippen LogP) is 15.7. The highest BCUT2D eigenvalue weighted by Gasteiger charge is 2.22. The molecular weight excluding hydrogens is 935 g/mol. The molecule has 75 heavy (non-hydrogen) atoms. The number of ether oxygens (including phenoxy) is 4. The van der Waals surface area contributed by atoms with Gasteiger partial charge in [-0.2, -0.15) is 0 Å².